The van der Waals surface area contributed by atoms with Crippen LogP contribution in [0, 0.1) is 5.82 Å². The quantitative estimate of drug-likeness (QED) is 0.849. The van der Waals surface area contributed by atoms with Crippen LogP contribution in [0.4, 0.5) is 10.2 Å². The van der Waals surface area contributed by atoms with Crippen LogP contribution in [-0.2, 0) is 0 Å². The molecule has 1 fully saturated rings. The second kappa shape index (κ2) is 5.22. The van der Waals surface area contributed by atoms with Gasteiger partial charge >= 0.3 is 0 Å². The Morgan fingerprint density at radius 2 is 1.95 bits per heavy atom. The molecule has 1 saturated heterocycles. The maximum absolute atomic E-state index is 13.1. The van der Waals surface area contributed by atoms with Crippen LogP contribution >= 0.6 is 0 Å². The minimum Gasteiger partial charge on any atom is -0.439 e. The van der Waals surface area contributed by atoms with E-state index in [0.717, 1.165) is 18.9 Å². The van der Waals surface area contributed by atoms with E-state index in [4.69, 9.17) is 4.74 Å². The number of anilines is 1. The summed E-state index contributed by atoms with van der Waals surface area (Å²) in [6, 6.07) is 7.80. The van der Waals surface area contributed by atoms with Crippen molar-refractivity contribution in [2.24, 2.45) is 0 Å². The normalized spacial score (nSPS) is 14.7. The number of halogens is 1. The number of aromatic nitrogens is 2. The van der Waals surface area contributed by atoms with E-state index in [9.17, 15) is 4.39 Å². The summed E-state index contributed by atoms with van der Waals surface area (Å²) < 4.78 is 18.6. The number of hydrogen-bond acceptors (Lipinski definition) is 4. The molecule has 0 aliphatic carbocycles. The molecule has 0 bridgehead atoms. The fourth-order valence-electron chi connectivity index (χ4n) is 2.16. The van der Waals surface area contributed by atoms with Crippen molar-refractivity contribution >= 4 is 5.82 Å². The average molecular weight is 259 g/mol. The zero-order valence-corrected chi connectivity index (χ0v) is 10.4. The van der Waals surface area contributed by atoms with Crippen molar-refractivity contribution in [1.29, 1.82) is 0 Å². The summed E-state index contributed by atoms with van der Waals surface area (Å²) in [7, 11) is 0. The van der Waals surface area contributed by atoms with Gasteiger partial charge in [-0.1, -0.05) is 6.07 Å². The topological polar surface area (TPSA) is 38.2 Å². The van der Waals surface area contributed by atoms with Gasteiger partial charge in [-0.05, 0) is 25.0 Å². The molecule has 1 aromatic heterocycles. The molecular formula is C14H14FN3O. The third kappa shape index (κ3) is 2.81. The highest BCUT2D eigenvalue weighted by molar-refractivity contribution is 5.42. The van der Waals surface area contributed by atoms with Crippen molar-refractivity contribution in [1.82, 2.24) is 9.97 Å². The summed E-state index contributed by atoms with van der Waals surface area (Å²) in [5, 5.41) is 0. The number of ether oxygens (including phenoxy) is 1. The van der Waals surface area contributed by atoms with Crippen LogP contribution in [0.1, 0.15) is 12.8 Å². The summed E-state index contributed by atoms with van der Waals surface area (Å²) in [4.78, 5) is 10.5. The minimum absolute atomic E-state index is 0.327. The van der Waals surface area contributed by atoms with Gasteiger partial charge in [0.25, 0.3) is 0 Å². The van der Waals surface area contributed by atoms with Crippen LogP contribution < -0.4 is 9.64 Å². The first-order valence-electron chi connectivity index (χ1n) is 6.32. The van der Waals surface area contributed by atoms with Crippen LogP contribution in [0.3, 0.4) is 0 Å². The van der Waals surface area contributed by atoms with E-state index in [1.54, 1.807) is 18.2 Å². The molecule has 0 amide bonds. The van der Waals surface area contributed by atoms with Gasteiger partial charge in [0.15, 0.2) is 0 Å². The lowest BCUT2D eigenvalue weighted by Crippen LogP contribution is -2.18. The third-order valence-corrected chi connectivity index (χ3v) is 3.08. The van der Waals surface area contributed by atoms with Gasteiger partial charge in [-0.2, -0.15) is 0 Å². The second-order valence-electron chi connectivity index (χ2n) is 4.47. The molecular weight excluding hydrogens is 245 g/mol. The van der Waals surface area contributed by atoms with E-state index in [1.165, 1.54) is 31.3 Å². The molecule has 5 heteroatoms. The lowest BCUT2D eigenvalue weighted by Gasteiger charge is -2.16. The molecule has 0 atom stereocenters. The second-order valence-corrected chi connectivity index (χ2v) is 4.47. The van der Waals surface area contributed by atoms with E-state index < -0.39 is 0 Å². The summed E-state index contributed by atoms with van der Waals surface area (Å²) in [6.07, 6.45) is 3.84. The largest absolute Gasteiger partial charge is 0.439 e. The highest BCUT2D eigenvalue weighted by atomic mass is 19.1. The van der Waals surface area contributed by atoms with Crippen LogP contribution in [0.2, 0.25) is 0 Å². The number of hydrogen-bond donors (Lipinski definition) is 0. The van der Waals surface area contributed by atoms with Crippen molar-refractivity contribution in [2.45, 2.75) is 12.8 Å². The Labute approximate surface area is 110 Å². The SMILES string of the molecule is Fc1cccc(Oc2cc(N3CCCC3)ncn2)c1. The predicted octanol–water partition coefficient (Wildman–Crippen LogP) is 3.01. The van der Waals surface area contributed by atoms with E-state index in [1.807, 2.05) is 0 Å². The first-order chi connectivity index (χ1) is 9.31. The van der Waals surface area contributed by atoms with Crippen LogP contribution in [0.5, 0.6) is 11.6 Å². The maximum atomic E-state index is 13.1. The van der Waals surface area contributed by atoms with E-state index in [-0.39, 0.29) is 5.82 Å². The average Bonchev–Trinajstić information content (AvgIpc) is 2.93. The first-order valence-corrected chi connectivity index (χ1v) is 6.32. The first kappa shape index (κ1) is 11.9. The van der Waals surface area contributed by atoms with Gasteiger partial charge in [0.05, 0.1) is 0 Å². The smallest absolute Gasteiger partial charge is 0.224 e. The zero-order valence-electron chi connectivity index (χ0n) is 10.4. The van der Waals surface area contributed by atoms with Gasteiger partial charge in [0, 0.05) is 25.2 Å². The highest BCUT2D eigenvalue weighted by Crippen LogP contribution is 2.24. The highest BCUT2D eigenvalue weighted by Gasteiger charge is 2.14. The van der Waals surface area contributed by atoms with Gasteiger partial charge in [-0.15, -0.1) is 0 Å². The lowest BCUT2D eigenvalue weighted by atomic mass is 10.3. The Hall–Kier alpha value is -2.17. The molecule has 19 heavy (non-hydrogen) atoms. The molecule has 1 aliphatic rings. The van der Waals surface area contributed by atoms with Crippen molar-refractivity contribution < 1.29 is 9.13 Å². The van der Waals surface area contributed by atoms with Crippen molar-refractivity contribution in [3.8, 4) is 11.6 Å². The van der Waals surface area contributed by atoms with Gasteiger partial charge in [-0.25, -0.2) is 14.4 Å². The molecule has 2 aromatic rings. The van der Waals surface area contributed by atoms with Crippen LogP contribution in [-0.4, -0.2) is 23.1 Å². The molecule has 0 radical (unpaired) electrons. The van der Waals surface area contributed by atoms with Gasteiger partial charge in [0.1, 0.15) is 23.7 Å². The van der Waals surface area contributed by atoms with E-state index in [2.05, 4.69) is 14.9 Å². The van der Waals surface area contributed by atoms with Gasteiger partial charge in [0.2, 0.25) is 5.88 Å². The van der Waals surface area contributed by atoms with Crippen LogP contribution in [0.25, 0.3) is 0 Å². The maximum Gasteiger partial charge on any atom is 0.224 e. The molecule has 0 spiro atoms. The Kier molecular flexibility index (Phi) is 3.27. The summed E-state index contributed by atoms with van der Waals surface area (Å²) in [6.45, 7) is 2.02. The van der Waals surface area contributed by atoms with Gasteiger partial charge < -0.3 is 9.64 Å². The summed E-state index contributed by atoms with van der Waals surface area (Å²) in [5.74, 6) is 1.40. The van der Waals surface area contributed by atoms with E-state index >= 15 is 0 Å². The monoisotopic (exact) mass is 259 g/mol. The van der Waals surface area contributed by atoms with Crippen molar-refractivity contribution in [2.75, 3.05) is 18.0 Å². The number of rotatable bonds is 3. The van der Waals surface area contributed by atoms with Crippen LogP contribution in [0.15, 0.2) is 36.7 Å². The predicted molar refractivity (Wildman–Crippen MR) is 70.0 cm³/mol. The molecule has 3 rings (SSSR count). The number of benzene rings is 1. The third-order valence-electron chi connectivity index (χ3n) is 3.08. The zero-order chi connectivity index (χ0) is 13.1. The molecule has 0 saturated carbocycles. The molecule has 0 N–H and O–H groups in total. The Morgan fingerprint density at radius 1 is 1.11 bits per heavy atom. The van der Waals surface area contributed by atoms with Crippen molar-refractivity contribution in [3.05, 3.63) is 42.5 Å². The molecule has 98 valence electrons. The Morgan fingerprint density at radius 3 is 2.74 bits per heavy atom. The fourth-order valence-corrected chi connectivity index (χ4v) is 2.16. The molecule has 0 unspecified atom stereocenters. The lowest BCUT2D eigenvalue weighted by molar-refractivity contribution is 0.456. The molecule has 1 aromatic carbocycles. The molecule has 4 nitrogen and oxygen atoms in total. The van der Waals surface area contributed by atoms with Gasteiger partial charge in [-0.3, -0.25) is 0 Å². The summed E-state index contributed by atoms with van der Waals surface area (Å²) in [5.41, 5.74) is 0. The molecule has 1 aliphatic heterocycles. The van der Waals surface area contributed by atoms with E-state index in [0.29, 0.717) is 11.6 Å². The number of nitrogens with zero attached hydrogens (tertiary/aromatic N) is 3. The standard InChI is InChI=1S/C14H14FN3O/c15-11-4-3-5-12(8-11)19-14-9-13(16-10-17-14)18-6-1-2-7-18/h3-5,8-10H,1-2,6-7H2. The van der Waals surface area contributed by atoms with Crippen molar-refractivity contribution in [3.63, 3.8) is 0 Å². The fraction of sp³-hybridized carbons (Fsp3) is 0.286. The Bertz CT molecular complexity index is 570. The Balaban J connectivity index is 1.79. The molecule has 2 heterocycles. The summed E-state index contributed by atoms with van der Waals surface area (Å²) >= 11 is 0. The minimum atomic E-state index is -0.327.